The zero-order valence-corrected chi connectivity index (χ0v) is 11.5. The van der Waals surface area contributed by atoms with E-state index in [9.17, 15) is 13.2 Å². The molecule has 1 atom stereocenters. The summed E-state index contributed by atoms with van der Waals surface area (Å²) in [6.45, 7) is 1.81. The van der Waals surface area contributed by atoms with Crippen molar-refractivity contribution < 1.29 is 13.2 Å². The van der Waals surface area contributed by atoms with E-state index < -0.39 is 11.7 Å². The van der Waals surface area contributed by atoms with Gasteiger partial charge >= 0.3 is 6.18 Å². The molecule has 0 fully saturated rings. The molecular weight excluding hydrogens is 287 g/mol. The van der Waals surface area contributed by atoms with E-state index in [4.69, 9.17) is 17.3 Å². The molecule has 0 aromatic heterocycles. The van der Waals surface area contributed by atoms with Crippen molar-refractivity contribution >= 4 is 11.6 Å². The second kappa shape index (κ2) is 5.46. The van der Waals surface area contributed by atoms with Gasteiger partial charge in [-0.3, -0.25) is 0 Å². The van der Waals surface area contributed by atoms with Crippen LogP contribution < -0.4 is 5.73 Å². The minimum absolute atomic E-state index is 0.195. The highest BCUT2D eigenvalue weighted by molar-refractivity contribution is 6.33. The highest BCUT2D eigenvalue weighted by Crippen LogP contribution is 2.36. The Kier molecular flexibility index (Phi) is 4.06. The Morgan fingerprint density at radius 2 is 1.80 bits per heavy atom. The predicted molar refractivity (Wildman–Crippen MR) is 74.5 cm³/mol. The van der Waals surface area contributed by atoms with E-state index in [0.717, 1.165) is 17.7 Å². The molecule has 2 N–H and O–H groups in total. The van der Waals surface area contributed by atoms with Crippen LogP contribution in [0.5, 0.6) is 0 Å². The molecule has 2 rings (SSSR count). The van der Waals surface area contributed by atoms with Gasteiger partial charge in [0.1, 0.15) is 0 Å². The van der Waals surface area contributed by atoms with Gasteiger partial charge in [-0.2, -0.15) is 13.2 Å². The summed E-state index contributed by atoms with van der Waals surface area (Å²) in [5.41, 5.74) is 6.88. The van der Waals surface area contributed by atoms with Crippen molar-refractivity contribution in [1.82, 2.24) is 0 Å². The zero-order valence-electron chi connectivity index (χ0n) is 10.7. The fourth-order valence-corrected chi connectivity index (χ4v) is 2.14. The Hall–Kier alpha value is -1.52. The van der Waals surface area contributed by atoms with Crippen molar-refractivity contribution in [1.29, 1.82) is 0 Å². The molecule has 0 amide bonds. The monoisotopic (exact) mass is 299 g/mol. The van der Waals surface area contributed by atoms with Crippen LogP contribution in [0, 0.1) is 0 Å². The Labute approximate surface area is 120 Å². The molecule has 0 aliphatic carbocycles. The molecule has 0 saturated heterocycles. The number of nitrogens with two attached hydrogens (primary N) is 1. The van der Waals surface area contributed by atoms with Gasteiger partial charge < -0.3 is 5.73 Å². The van der Waals surface area contributed by atoms with Gasteiger partial charge in [-0.1, -0.05) is 29.8 Å². The standard InChI is InChI=1S/C15H13ClF3N/c1-9(20)10-3-2-4-11(7-10)13-8-12(15(17,18)19)5-6-14(13)16/h2-9H,20H2,1H3. The maximum Gasteiger partial charge on any atom is 0.416 e. The van der Waals surface area contributed by atoms with Crippen molar-refractivity contribution in [3.8, 4) is 11.1 Å². The third-order valence-corrected chi connectivity index (χ3v) is 3.35. The third kappa shape index (κ3) is 3.14. The highest BCUT2D eigenvalue weighted by atomic mass is 35.5. The molecule has 20 heavy (non-hydrogen) atoms. The number of rotatable bonds is 2. The van der Waals surface area contributed by atoms with Crippen molar-refractivity contribution in [2.75, 3.05) is 0 Å². The molecule has 106 valence electrons. The van der Waals surface area contributed by atoms with Gasteiger partial charge in [0, 0.05) is 16.6 Å². The maximum atomic E-state index is 12.8. The number of hydrogen-bond donors (Lipinski definition) is 1. The summed E-state index contributed by atoms with van der Waals surface area (Å²) in [6, 6.07) is 10.2. The first-order valence-electron chi connectivity index (χ1n) is 6.01. The van der Waals surface area contributed by atoms with E-state index in [1.165, 1.54) is 6.07 Å². The normalized spacial score (nSPS) is 13.3. The van der Waals surface area contributed by atoms with E-state index >= 15 is 0 Å². The number of hydrogen-bond acceptors (Lipinski definition) is 1. The van der Waals surface area contributed by atoms with Crippen LogP contribution in [0.15, 0.2) is 42.5 Å². The molecule has 1 unspecified atom stereocenters. The quantitative estimate of drug-likeness (QED) is 0.825. The van der Waals surface area contributed by atoms with Crippen molar-refractivity contribution in [3.63, 3.8) is 0 Å². The minimum atomic E-state index is -4.39. The van der Waals surface area contributed by atoms with Crippen LogP contribution in [0.25, 0.3) is 11.1 Å². The van der Waals surface area contributed by atoms with Crippen molar-refractivity contribution in [2.45, 2.75) is 19.1 Å². The molecule has 2 aromatic rings. The summed E-state index contributed by atoms with van der Waals surface area (Å²) in [4.78, 5) is 0. The van der Waals surface area contributed by atoms with Gasteiger partial charge in [-0.25, -0.2) is 0 Å². The van der Waals surface area contributed by atoms with Gasteiger partial charge in [0.2, 0.25) is 0 Å². The fraction of sp³-hybridized carbons (Fsp3) is 0.200. The second-order valence-electron chi connectivity index (χ2n) is 4.61. The van der Waals surface area contributed by atoms with Crippen LogP contribution in [-0.4, -0.2) is 0 Å². The molecule has 0 bridgehead atoms. The molecule has 2 aromatic carbocycles. The van der Waals surface area contributed by atoms with Crippen LogP contribution in [0.2, 0.25) is 5.02 Å². The Morgan fingerprint density at radius 1 is 1.10 bits per heavy atom. The summed E-state index contributed by atoms with van der Waals surface area (Å²) in [5, 5.41) is 0.278. The Balaban J connectivity index is 2.54. The molecule has 0 radical (unpaired) electrons. The van der Waals surface area contributed by atoms with Crippen LogP contribution in [-0.2, 0) is 6.18 Å². The minimum Gasteiger partial charge on any atom is -0.324 e. The van der Waals surface area contributed by atoms with Crippen LogP contribution >= 0.6 is 11.6 Å². The lowest BCUT2D eigenvalue weighted by atomic mass is 9.99. The topological polar surface area (TPSA) is 26.0 Å². The second-order valence-corrected chi connectivity index (χ2v) is 5.01. The maximum absolute atomic E-state index is 12.8. The molecule has 1 nitrogen and oxygen atoms in total. The molecule has 0 spiro atoms. The summed E-state index contributed by atoms with van der Waals surface area (Å²) in [7, 11) is 0. The molecule has 0 aliphatic rings. The predicted octanol–water partition coefficient (Wildman–Crippen LogP) is 5.05. The number of alkyl halides is 3. The molecule has 0 saturated carbocycles. The smallest absolute Gasteiger partial charge is 0.324 e. The lowest BCUT2D eigenvalue weighted by Crippen LogP contribution is -2.06. The lowest BCUT2D eigenvalue weighted by Gasteiger charge is -2.12. The van der Waals surface area contributed by atoms with Crippen LogP contribution in [0.1, 0.15) is 24.1 Å². The first-order valence-corrected chi connectivity index (χ1v) is 6.39. The molecule has 0 aliphatic heterocycles. The van der Waals surface area contributed by atoms with Gasteiger partial charge in [0.05, 0.1) is 5.56 Å². The first-order chi connectivity index (χ1) is 9.29. The summed E-state index contributed by atoms with van der Waals surface area (Å²) in [6.07, 6.45) is -4.39. The molecule has 5 heteroatoms. The lowest BCUT2D eigenvalue weighted by molar-refractivity contribution is -0.137. The SMILES string of the molecule is CC(N)c1cccc(-c2cc(C(F)(F)F)ccc2Cl)c1. The number of benzene rings is 2. The van der Waals surface area contributed by atoms with Gasteiger partial charge in [-0.05, 0) is 42.3 Å². The van der Waals surface area contributed by atoms with Crippen LogP contribution in [0.3, 0.4) is 0 Å². The van der Waals surface area contributed by atoms with E-state index in [-0.39, 0.29) is 11.1 Å². The highest BCUT2D eigenvalue weighted by Gasteiger charge is 2.31. The van der Waals surface area contributed by atoms with Crippen molar-refractivity contribution in [2.24, 2.45) is 5.73 Å². The summed E-state index contributed by atoms with van der Waals surface area (Å²) >= 11 is 6.01. The average molecular weight is 300 g/mol. The van der Waals surface area contributed by atoms with Crippen molar-refractivity contribution in [3.05, 3.63) is 58.6 Å². The third-order valence-electron chi connectivity index (χ3n) is 3.02. The first kappa shape index (κ1) is 14.9. The molecular formula is C15H13ClF3N. The average Bonchev–Trinajstić information content (AvgIpc) is 2.38. The van der Waals surface area contributed by atoms with Crippen LogP contribution in [0.4, 0.5) is 13.2 Å². The van der Waals surface area contributed by atoms with E-state index in [1.54, 1.807) is 18.2 Å². The van der Waals surface area contributed by atoms with E-state index in [1.807, 2.05) is 13.0 Å². The summed E-state index contributed by atoms with van der Waals surface area (Å²) < 4.78 is 38.3. The number of halogens is 4. The zero-order chi connectivity index (χ0) is 14.9. The Morgan fingerprint density at radius 3 is 2.40 bits per heavy atom. The van der Waals surface area contributed by atoms with Gasteiger partial charge in [-0.15, -0.1) is 0 Å². The van der Waals surface area contributed by atoms with E-state index in [2.05, 4.69) is 0 Å². The Bertz CT molecular complexity index is 621. The van der Waals surface area contributed by atoms with E-state index in [0.29, 0.717) is 11.1 Å². The largest absolute Gasteiger partial charge is 0.416 e. The van der Waals surface area contributed by atoms with Gasteiger partial charge in [0.25, 0.3) is 0 Å². The fourth-order valence-electron chi connectivity index (χ4n) is 1.91. The van der Waals surface area contributed by atoms with Gasteiger partial charge in [0.15, 0.2) is 0 Å². The molecule has 0 heterocycles. The summed E-state index contributed by atoms with van der Waals surface area (Å²) in [5.74, 6) is 0.